The monoisotopic (exact) mass is 339 g/mol. The molecule has 0 spiro atoms. The summed E-state index contributed by atoms with van der Waals surface area (Å²) in [6.07, 6.45) is 3.16. The van der Waals surface area contributed by atoms with Crippen molar-refractivity contribution in [1.82, 2.24) is 4.90 Å². The molecule has 2 aromatic rings. The number of Topliss-reactive ketones (excluding diaryl/α,β-unsaturated/α-hetero) is 1. The van der Waals surface area contributed by atoms with Crippen LogP contribution in [0, 0.1) is 0 Å². The highest BCUT2D eigenvalue weighted by atomic mass is 16.5. The SMILES string of the molecule is COC(=O)/C(CC(=O)c1ccco1)=C1\CCCN1Cc1ccccc1. The third-order valence-corrected chi connectivity index (χ3v) is 4.35. The fraction of sp³-hybridized carbons (Fsp3) is 0.300. The third kappa shape index (κ3) is 3.99. The van der Waals surface area contributed by atoms with Gasteiger partial charge in [-0.25, -0.2) is 4.79 Å². The maximum Gasteiger partial charge on any atom is 0.335 e. The first kappa shape index (κ1) is 17.0. The molecule has 0 amide bonds. The van der Waals surface area contributed by atoms with Gasteiger partial charge in [0.1, 0.15) is 0 Å². The number of allylic oxidation sites excluding steroid dienone is 1. The van der Waals surface area contributed by atoms with Crippen molar-refractivity contribution in [3.63, 3.8) is 0 Å². The Morgan fingerprint density at radius 2 is 1.96 bits per heavy atom. The number of hydrogen-bond donors (Lipinski definition) is 0. The molecule has 0 saturated carbocycles. The molecule has 130 valence electrons. The van der Waals surface area contributed by atoms with Crippen molar-refractivity contribution in [2.45, 2.75) is 25.8 Å². The Kier molecular flexibility index (Phi) is 5.33. The van der Waals surface area contributed by atoms with Gasteiger partial charge in [-0.15, -0.1) is 0 Å². The van der Waals surface area contributed by atoms with Gasteiger partial charge in [0.15, 0.2) is 5.76 Å². The van der Waals surface area contributed by atoms with E-state index >= 15 is 0 Å². The number of carbonyl (C=O) groups is 2. The number of ether oxygens (including phenoxy) is 1. The molecule has 0 unspecified atom stereocenters. The lowest BCUT2D eigenvalue weighted by Crippen LogP contribution is -2.22. The minimum absolute atomic E-state index is 0.0131. The van der Waals surface area contributed by atoms with Crippen LogP contribution in [0.25, 0.3) is 0 Å². The van der Waals surface area contributed by atoms with Crippen molar-refractivity contribution >= 4 is 11.8 Å². The Morgan fingerprint density at radius 3 is 2.64 bits per heavy atom. The van der Waals surface area contributed by atoms with Crippen molar-refractivity contribution in [2.75, 3.05) is 13.7 Å². The van der Waals surface area contributed by atoms with E-state index in [1.54, 1.807) is 12.1 Å². The van der Waals surface area contributed by atoms with Crippen LogP contribution in [0.1, 0.15) is 35.4 Å². The third-order valence-electron chi connectivity index (χ3n) is 4.35. The van der Waals surface area contributed by atoms with Crippen molar-refractivity contribution in [2.24, 2.45) is 0 Å². The van der Waals surface area contributed by atoms with Gasteiger partial charge in [-0.2, -0.15) is 0 Å². The van der Waals surface area contributed by atoms with Gasteiger partial charge >= 0.3 is 5.97 Å². The molecule has 1 saturated heterocycles. The summed E-state index contributed by atoms with van der Waals surface area (Å²) in [7, 11) is 1.34. The Balaban J connectivity index is 1.86. The molecule has 3 rings (SSSR count). The Morgan fingerprint density at radius 1 is 1.16 bits per heavy atom. The van der Waals surface area contributed by atoms with Gasteiger partial charge in [0.05, 0.1) is 18.9 Å². The fourth-order valence-corrected chi connectivity index (χ4v) is 3.15. The minimum atomic E-state index is -0.449. The van der Waals surface area contributed by atoms with Gasteiger partial charge in [-0.3, -0.25) is 4.79 Å². The van der Waals surface area contributed by atoms with Crippen molar-refractivity contribution in [3.8, 4) is 0 Å². The van der Waals surface area contributed by atoms with Crippen molar-refractivity contribution in [3.05, 3.63) is 71.3 Å². The summed E-state index contributed by atoms with van der Waals surface area (Å²) in [6.45, 7) is 1.57. The normalized spacial score (nSPS) is 16.0. The second-order valence-corrected chi connectivity index (χ2v) is 6.00. The largest absolute Gasteiger partial charge is 0.466 e. The molecule has 25 heavy (non-hydrogen) atoms. The lowest BCUT2D eigenvalue weighted by atomic mass is 10.0. The number of nitrogens with zero attached hydrogens (tertiary/aromatic N) is 1. The molecule has 0 N–H and O–H groups in total. The summed E-state index contributed by atoms with van der Waals surface area (Å²) in [6, 6.07) is 13.4. The smallest absolute Gasteiger partial charge is 0.335 e. The van der Waals surface area contributed by atoms with Gasteiger partial charge in [-0.1, -0.05) is 30.3 Å². The molecule has 0 radical (unpaired) electrons. The summed E-state index contributed by atoms with van der Waals surface area (Å²) in [4.78, 5) is 26.9. The summed E-state index contributed by atoms with van der Waals surface area (Å²) < 4.78 is 10.1. The summed E-state index contributed by atoms with van der Waals surface area (Å²) >= 11 is 0. The number of hydrogen-bond acceptors (Lipinski definition) is 5. The van der Waals surface area contributed by atoms with Gasteiger partial charge in [0, 0.05) is 25.2 Å². The van der Waals surface area contributed by atoms with E-state index in [1.165, 1.54) is 18.9 Å². The second kappa shape index (κ2) is 7.83. The molecule has 0 bridgehead atoms. The van der Waals surface area contributed by atoms with Crippen LogP contribution in [0.2, 0.25) is 0 Å². The average Bonchev–Trinajstić information content (AvgIpc) is 3.32. The molecule has 1 aromatic heterocycles. The van der Waals surface area contributed by atoms with Gasteiger partial charge < -0.3 is 14.1 Å². The lowest BCUT2D eigenvalue weighted by Gasteiger charge is -2.22. The van der Waals surface area contributed by atoms with E-state index in [2.05, 4.69) is 17.0 Å². The van der Waals surface area contributed by atoms with E-state index in [-0.39, 0.29) is 18.0 Å². The molecule has 0 aliphatic carbocycles. The molecule has 1 aliphatic heterocycles. The number of carbonyl (C=O) groups excluding carboxylic acids is 2. The van der Waals surface area contributed by atoms with Crippen LogP contribution in [-0.2, 0) is 16.1 Å². The second-order valence-electron chi connectivity index (χ2n) is 6.00. The van der Waals surface area contributed by atoms with Gasteiger partial charge in [0.25, 0.3) is 0 Å². The Bertz CT molecular complexity index is 762. The van der Waals surface area contributed by atoms with Gasteiger partial charge in [0.2, 0.25) is 5.78 Å². The molecule has 1 aliphatic rings. The van der Waals surface area contributed by atoms with Crippen LogP contribution < -0.4 is 0 Å². The highest BCUT2D eigenvalue weighted by Crippen LogP contribution is 2.29. The Hall–Kier alpha value is -2.82. The number of esters is 1. The Labute approximate surface area is 146 Å². The number of rotatable bonds is 6. The quantitative estimate of drug-likeness (QED) is 0.457. The zero-order chi connectivity index (χ0) is 17.6. The molecular formula is C20H21NO4. The lowest BCUT2D eigenvalue weighted by molar-refractivity contribution is -0.136. The molecule has 1 fully saturated rings. The standard InChI is InChI=1S/C20H21NO4/c1-24-20(23)16(13-18(22)19-10-6-12-25-19)17-9-5-11-21(17)14-15-7-3-2-4-8-15/h2-4,6-8,10,12H,5,9,11,13-14H2,1H3/b17-16+. The summed E-state index contributed by atoms with van der Waals surface area (Å²) in [5.41, 5.74) is 2.50. The number of ketones is 1. The summed E-state index contributed by atoms with van der Waals surface area (Å²) in [5, 5.41) is 0. The zero-order valence-corrected chi connectivity index (χ0v) is 14.2. The highest BCUT2D eigenvalue weighted by Gasteiger charge is 2.27. The van der Waals surface area contributed by atoms with E-state index in [0.717, 1.165) is 25.1 Å². The van der Waals surface area contributed by atoms with Crippen molar-refractivity contribution < 1.29 is 18.7 Å². The molecule has 2 heterocycles. The first-order valence-electron chi connectivity index (χ1n) is 8.35. The van der Waals surface area contributed by atoms with E-state index in [9.17, 15) is 9.59 Å². The van der Waals surface area contributed by atoms with Crippen LogP contribution in [-0.4, -0.2) is 30.3 Å². The first-order chi connectivity index (χ1) is 12.2. The topological polar surface area (TPSA) is 59.8 Å². The molecule has 0 atom stereocenters. The first-order valence-corrected chi connectivity index (χ1v) is 8.35. The van der Waals surface area contributed by atoms with Crippen LogP contribution in [0.4, 0.5) is 0 Å². The predicted octanol–water partition coefficient (Wildman–Crippen LogP) is 3.58. The number of likely N-dealkylation sites (tertiary alicyclic amines) is 1. The maximum atomic E-state index is 12.4. The molecular weight excluding hydrogens is 318 g/mol. The van der Waals surface area contributed by atoms with E-state index in [4.69, 9.17) is 9.15 Å². The molecule has 5 nitrogen and oxygen atoms in total. The van der Waals surface area contributed by atoms with Crippen molar-refractivity contribution in [1.29, 1.82) is 0 Å². The van der Waals surface area contributed by atoms with E-state index in [0.29, 0.717) is 12.1 Å². The molecule has 5 heteroatoms. The minimum Gasteiger partial charge on any atom is -0.466 e. The van der Waals surface area contributed by atoms with E-state index < -0.39 is 5.97 Å². The summed E-state index contributed by atoms with van der Waals surface area (Å²) in [5.74, 6) is -0.408. The average molecular weight is 339 g/mol. The van der Waals surface area contributed by atoms with Crippen LogP contribution in [0.15, 0.2) is 64.4 Å². The number of furan rings is 1. The van der Waals surface area contributed by atoms with Crippen LogP contribution >= 0.6 is 0 Å². The van der Waals surface area contributed by atoms with Crippen LogP contribution in [0.3, 0.4) is 0 Å². The van der Waals surface area contributed by atoms with E-state index in [1.807, 2.05) is 18.2 Å². The number of benzene rings is 1. The van der Waals surface area contributed by atoms with Gasteiger partial charge in [-0.05, 0) is 30.5 Å². The predicted molar refractivity (Wildman–Crippen MR) is 92.8 cm³/mol. The zero-order valence-electron chi connectivity index (χ0n) is 14.2. The molecule has 1 aromatic carbocycles. The fourth-order valence-electron chi connectivity index (χ4n) is 3.15. The maximum absolute atomic E-state index is 12.4. The highest BCUT2D eigenvalue weighted by molar-refractivity contribution is 6.02. The van der Waals surface area contributed by atoms with Crippen LogP contribution in [0.5, 0.6) is 0 Å². The number of methoxy groups -OCH3 is 1.